The molecule has 3 amide bonds. The van der Waals surface area contributed by atoms with Crippen molar-refractivity contribution in [2.24, 2.45) is 0 Å². The van der Waals surface area contributed by atoms with Gasteiger partial charge in [0.2, 0.25) is 5.91 Å². The Morgan fingerprint density at radius 1 is 1.10 bits per heavy atom. The van der Waals surface area contributed by atoms with Crippen molar-refractivity contribution < 1.29 is 18.0 Å². The van der Waals surface area contributed by atoms with Crippen LogP contribution in [0.15, 0.2) is 35.2 Å². The smallest absolute Gasteiger partial charge is 0.277 e. The van der Waals surface area contributed by atoms with Gasteiger partial charge in [0.25, 0.3) is 10.0 Å². The summed E-state index contributed by atoms with van der Waals surface area (Å²) in [6, 6.07) is 6.44. The van der Waals surface area contributed by atoms with E-state index in [0.29, 0.717) is 6.42 Å². The monoisotopic (exact) mass is 298 g/mol. The number of carbonyl (C=O) groups excluding carboxylic acids is 2. The van der Waals surface area contributed by atoms with Crippen molar-refractivity contribution in [2.45, 2.75) is 37.5 Å². The van der Waals surface area contributed by atoms with E-state index in [-0.39, 0.29) is 11.3 Å². The van der Waals surface area contributed by atoms with Gasteiger partial charge in [-0.15, -0.1) is 0 Å². The quantitative estimate of drug-likeness (QED) is 0.783. The summed E-state index contributed by atoms with van der Waals surface area (Å²) in [6.45, 7) is 2.00. The van der Waals surface area contributed by atoms with Crippen LogP contribution in [0.25, 0.3) is 0 Å². The van der Waals surface area contributed by atoms with Gasteiger partial charge in [0.15, 0.2) is 0 Å². The van der Waals surface area contributed by atoms with Crippen molar-refractivity contribution in [3.05, 3.63) is 30.3 Å². The van der Waals surface area contributed by atoms with Crippen molar-refractivity contribution in [1.82, 2.24) is 10.0 Å². The first-order valence-electron chi connectivity index (χ1n) is 6.37. The number of hydrogen-bond acceptors (Lipinski definition) is 4. The molecule has 0 bridgehead atoms. The van der Waals surface area contributed by atoms with Crippen LogP contribution in [0, 0.1) is 0 Å². The van der Waals surface area contributed by atoms with Crippen LogP contribution in [0.2, 0.25) is 0 Å². The van der Waals surface area contributed by atoms with E-state index in [1.807, 2.05) is 12.2 Å². The van der Waals surface area contributed by atoms with Crippen molar-refractivity contribution in [1.29, 1.82) is 0 Å². The lowest BCUT2D eigenvalue weighted by Gasteiger charge is -2.07. The molecular weight excluding hydrogens is 280 g/mol. The maximum atomic E-state index is 11.8. The Hall–Kier alpha value is -1.89. The molecule has 0 heterocycles. The fourth-order valence-electron chi connectivity index (χ4n) is 1.53. The number of nitrogens with one attached hydrogen (secondary N) is 2. The zero-order valence-corrected chi connectivity index (χ0v) is 12.1. The minimum absolute atomic E-state index is 0.0337. The molecule has 0 fully saturated rings. The molecule has 2 N–H and O–H groups in total. The fraction of sp³-hybridized carbons (Fsp3) is 0.385. The number of amides is 3. The predicted octanol–water partition coefficient (Wildman–Crippen LogP) is 1.78. The molecule has 0 saturated carbocycles. The molecule has 0 aliphatic carbocycles. The number of rotatable bonds is 6. The zero-order chi connectivity index (χ0) is 15.0. The highest BCUT2D eigenvalue weighted by atomic mass is 32.2. The summed E-state index contributed by atoms with van der Waals surface area (Å²) in [6.07, 6.45) is 2.72. The second-order valence-corrected chi connectivity index (χ2v) is 5.94. The minimum Gasteiger partial charge on any atom is -0.277 e. The molecule has 110 valence electrons. The van der Waals surface area contributed by atoms with Crippen LogP contribution >= 0.6 is 0 Å². The Balaban J connectivity index is 2.52. The Bertz CT molecular complexity index is 555. The Kier molecular flexibility index (Phi) is 6.17. The molecule has 0 atom stereocenters. The molecular formula is C13H18N2O4S. The van der Waals surface area contributed by atoms with Gasteiger partial charge in [-0.1, -0.05) is 38.0 Å². The Morgan fingerprint density at radius 3 is 2.35 bits per heavy atom. The summed E-state index contributed by atoms with van der Waals surface area (Å²) < 4.78 is 25.4. The van der Waals surface area contributed by atoms with Gasteiger partial charge in [-0.3, -0.25) is 10.1 Å². The van der Waals surface area contributed by atoms with Crippen molar-refractivity contribution in [3.63, 3.8) is 0 Å². The second-order valence-electron chi connectivity index (χ2n) is 4.25. The van der Waals surface area contributed by atoms with Gasteiger partial charge < -0.3 is 0 Å². The van der Waals surface area contributed by atoms with E-state index < -0.39 is 22.0 Å². The number of hydrogen-bond donors (Lipinski definition) is 2. The average Bonchev–Trinajstić information content (AvgIpc) is 2.39. The van der Waals surface area contributed by atoms with E-state index in [1.165, 1.54) is 12.1 Å². The standard InChI is InChI=1S/C13H18N2O4S/c1-2-3-5-10-12(16)14-13(17)15-20(18,19)11-8-6-4-7-9-11/h4,6-9H,2-3,5,10H2,1H3,(H2,14,15,16,17). The molecule has 0 unspecified atom stereocenters. The zero-order valence-electron chi connectivity index (χ0n) is 11.3. The first kappa shape index (κ1) is 16.2. The molecule has 7 heteroatoms. The highest BCUT2D eigenvalue weighted by molar-refractivity contribution is 7.90. The molecule has 0 aliphatic heterocycles. The lowest BCUT2D eigenvalue weighted by Crippen LogP contribution is -2.42. The predicted molar refractivity (Wildman–Crippen MR) is 74.4 cm³/mol. The van der Waals surface area contributed by atoms with E-state index in [4.69, 9.17) is 0 Å². The van der Waals surface area contributed by atoms with Gasteiger partial charge in [0.05, 0.1) is 4.90 Å². The third-order valence-electron chi connectivity index (χ3n) is 2.54. The summed E-state index contributed by atoms with van der Waals surface area (Å²) in [5.41, 5.74) is 0. The summed E-state index contributed by atoms with van der Waals surface area (Å²) in [5.74, 6) is -0.487. The maximum Gasteiger partial charge on any atom is 0.335 e. The number of urea groups is 1. The first-order valence-corrected chi connectivity index (χ1v) is 7.85. The second kappa shape index (κ2) is 7.64. The Labute approximate surface area is 118 Å². The molecule has 0 saturated heterocycles. The van der Waals surface area contributed by atoms with Gasteiger partial charge >= 0.3 is 6.03 Å². The normalized spacial score (nSPS) is 10.8. The summed E-state index contributed by atoms with van der Waals surface area (Å²) >= 11 is 0. The molecule has 0 spiro atoms. The number of imide groups is 1. The molecule has 0 aromatic heterocycles. The first-order chi connectivity index (χ1) is 9.45. The van der Waals surface area contributed by atoms with Crippen molar-refractivity contribution >= 4 is 22.0 Å². The molecule has 1 aromatic rings. The van der Waals surface area contributed by atoms with Crippen molar-refractivity contribution in [2.75, 3.05) is 0 Å². The van der Waals surface area contributed by atoms with Crippen LogP contribution in [0.5, 0.6) is 0 Å². The van der Waals surface area contributed by atoms with E-state index in [2.05, 4.69) is 0 Å². The van der Waals surface area contributed by atoms with E-state index in [1.54, 1.807) is 22.9 Å². The summed E-state index contributed by atoms with van der Waals surface area (Å²) in [4.78, 5) is 22.8. The molecule has 20 heavy (non-hydrogen) atoms. The van der Waals surface area contributed by atoms with Crippen LogP contribution in [0.4, 0.5) is 4.79 Å². The minimum atomic E-state index is -3.94. The van der Waals surface area contributed by atoms with Gasteiger partial charge in [-0.05, 0) is 18.6 Å². The van der Waals surface area contributed by atoms with Crippen LogP contribution in [-0.2, 0) is 14.8 Å². The van der Waals surface area contributed by atoms with Gasteiger partial charge in [0.1, 0.15) is 0 Å². The highest BCUT2D eigenvalue weighted by Crippen LogP contribution is 2.06. The van der Waals surface area contributed by atoms with E-state index >= 15 is 0 Å². The highest BCUT2D eigenvalue weighted by Gasteiger charge is 2.18. The van der Waals surface area contributed by atoms with Crippen molar-refractivity contribution in [3.8, 4) is 0 Å². The Morgan fingerprint density at radius 2 is 1.75 bits per heavy atom. The SMILES string of the molecule is CCCCCC(=O)NC(=O)NS(=O)(=O)c1ccccc1. The van der Waals surface area contributed by atoms with E-state index in [0.717, 1.165) is 12.8 Å². The molecule has 6 nitrogen and oxygen atoms in total. The maximum absolute atomic E-state index is 11.8. The van der Waals surface area contributed by atoms with Crippen LogP contribution < -0.4 is 10.0 Å². The largest absolute Gasteiger partial charge is 0.335 e. The average molecular weight is 298 g/mol. The number of carbonyl (C=O) groups is 2. The van der Waals surface area contributed by atoms with Crippen LogP contribution in [0.1, 0.15) is 32.6 Å². The van der Waals surface area contributed by atoms with Crippen LogP contribution in [-0.4, -0.2) is 20.4 Å². The lowest BCUT2D eigenvalue weighted by atomic mass is 10.2. The molecule has 0 aliphatic rings. The van der Waals surface area contributed by atoms with Gasteiger partial charge in [-0.25, -0.2) is 17.9 Å². The fourth-order valence-corrected chi connectivity index (χ4v) is 2.46. The van der Waals surface area contributed by atoms with E-state index in [9.17, 15) is 18.0 Å². The number of sulfonamides is 1. The number of unbranched alkanes of at least 4 members (excludes halogenated alkanes) is 2. The topological polar surface area (TPSA) is 92.3 Å². The van der Waals surface area contributed by atoms with Gasteiger partial charge in [0, 0.05) is 6.42 Å². The number of benzene rings is 1. The van der Waals surface area contributed by atoms with Gasteiger partial charge in [-0.2, -0.15) is 0 Å². The molecule has 1 aromatic carbocycles. The third kappa shape index (κ3) is 5.40. The van der Waals surface area contributed by atoms with Crippen LogP contribution in [0.3, 0.4) is 0 Å². The lowest BCUT2D eigenvalue weighted by molar-refractivity contribution is -0.120. The molecule has 0 radical (unpaired) electrons. The molecule has 1 rings (SSSR count). The third-order valence-corrected chi connectivity index (χ3v) is 3.89. The summed E-state index contributed by atoms with van der Waals surface area (Å²) in [5, 5.41) is 2.00. The summed E-state index contributed by atoms with van der Waals surface area (Å²) in [7, 11) is -3.94.